The zero-order chi connectivity index (χ0) is 14.7. The minimum Gasteiger partial charge on any atom is -0.288 e. The maximum absolute atomic E-state index is 12.0. The van der Waals surface area contributed by atoms with Gasteiger partial charge >= 0.3 is 15.5 Å². The van der Waals surface area contributed by atoms with E-state index in [1.807, 2.05) is 0 Å². The van der Waals surface area contributed by atoms with E-state index in [2.05, 4.69) is 0 Å². The van der Waals surface area contributed by atoms with Gasteiger partial charge in [0.2, 0.25) is 0 Å². The largest absolute Gasteiger partial charge is 0.511 e. The second-order valence-corrected chi connectivity index (χ2v) is 5.17. The Balaban J connectivity index is 2.73. The molecule has 0 aliphatic heterocycles. The molecule has 6 nitrogen and oxygen atoms in total. The highest BCUT2D eigenvalue weighted by Gasteiger charge is 2.45. The standard InChI is InChI=1S/C9H9F3N2O4S/c10-9(11,12)19(17,18)13-5-6-1-3-7(4-2-6)8(15)14-16/h1-4,13,16H,5H2,(H,14,15). The lowest BCUT2D eigenvalue weighted by Gasteiger charge is -2.09. The second-order valence-electron chi connectivity index (χ2n) is 3.41. The summed E-state index contributed by atoms with van der Waals surface area (Å²) in [5.41, 5.74) is -3.70. The maximum Gasteiger partial charge on any atom is 0.511 e. The van der Waals surface area contributed by atoms with Crippen LogP contribution < -0.4 is 10.2 Å². The van der Waals surface area contributed by atoms with Crippen molar-refractivity contribution in [3.63, 3.8) is 0 Å². The van der Waals surface area contributed by atoms with E-state index in [9.17, 15) is 26.4 Å². The summed E-state index contributed by atoms with van der Waals surface area (Å²) < 4.78 is 58.9. The van der Waals surface area contributed by atoms with Crippen molar-refractivity contribution in [3.8, 4) is 0 Å². The van der Waals surface area contributed by atoms with Crippen molar-refractivity contribution in [1.29, 1.82) is 0 Å². The molecule has 0 aliphatic carbocycles. The van der Waals surface area contributed by atoms with Crippen molar-refractivity contribution in [1.82, 2.24) is 10.2 Å². The SMILES string of the molecule is O=C(NO)c1ccc(CNS(=O)(=O)C(F)(F)F)cc1. The number of alkyl halides is 3. The quantitative estimate of drug-likeness (QED) is 0.564. The Bertz CT molecular complexity index is 554. The second kappa shape index (κ2) is 5.55. The number of sulfonamides is 1. The van der Waals surface area contributed by atoms with Crippen LogP contribution in [0.4, 0.5) is 13.2 Å². The van der Waals surface area contributed by atoms with Crippen LogP contribution in [0.15, 0.2) is 24.3 Å². The molecule has 0 atom stereocenters. The van der Waals surface area contributed by atoms with Crippen LogP contribution in [0.2, 0.25) is 0 Å². The van der Waals surface area contributed by atoms with Crippen LogP contribution in [0.1, 0.15) is 15.9 Å². The molecule has 0 fully saturated rings. The van der Waals surface area contributed by atoms with E-state index < -0.39 is 28.0 Å². The highest BCUT2D eigenvalue weighted by Crippen LogP contribution is 2.21. The average Bonchev–Trinajstić information content (AvgIpc) is 2.35. The van der Waals surface area contributed by atoms with Gasteiger partial charge in [0.25, 0.3) is 5.91 Å². The summed E-state index contributed by atoms with van der Waals surface area (Å²) in [5.74, 6) is -0.789. The highest BCUT2D eigenvalue weighted by molar-refractivity contribution is 7.90. The Morgan fingerprint density at radius 1 is 1.21 bits per heavy atom. The molecule has 0 spiro atoms. The molecule has 0 aliphatic rings. The third kappa shape index (κ3) is 3.91. The molecular formula is C9H9F3N2O4S. The van der Waals surface area contributed by atoms with Gasteiger partial charge in [0.05, 0.1) is 0 Å². The zero-order valence-electron chi connectivity index (χ0n) is 9.23. The highest BCUT2D eigenvalue weighted by atomic mass is 32.2. The zero-order valence-corrected chi connectivity index (χ0v) is 10.0. The van der Waals surface area contributed by atoms with E-state index in [1.54, 1.807) is 0 Å². The van der Waals surface area contributed by atoms with Gasteiger partial charge in [0.1, 0.15) is 0 Å². The van der Waals surface area contributed by atoms with E-state index in [-0.39, 0.29) is 11.1 Å². The molecule has 0 unspecified atom stereocenters. The summed E-state index contributed by atoms with van der Waals surface area (Å²) in [7, 11) is -5.40. The topological polar surface area (TPSA) is 95.5 Å². The Labute approximate surface area is 106 Å². The molecule has 0 saturated heterocycles. The monoisotopic (exact) mass is 298 g/mol. The number of hydrogen-bond acceptors (Lipinski definition) is 4. The van der Waals surface area contributed by atoms with Gasteiger partial charge in [-0.1, -0.05) is 12.1 Å². The van der Waals surface area contributed by atoms with Gasteiger partial charge in [-0.2, -0.15) is 13.2 Å². The van der Waals surface area contributed by atoms with Gasteiger partial charge in [0, 0.05) is 12.1 Å². The molecular weight excluding hydrogens is 289 g/mol. The summed E-state index contributed by atoms with van der Waals surface area (Å²) in [4.78, 5) is 11.0. The molecule has 0 bridgehead atoms. The molecule has 1 rings (SSSR count). The first kappa shape index (κ1) is 15.4. The Morgan fingerprint density at radius 2 is 1.74 bits per heavy atom. The number of rotatable bonds is 4. The third-order valence-corrected chi connectivity index (χ3v) is 3.22. The summed E-state index contributed by atoms with van der Waals surface area (Å²) in [6.45, 7) is -0.567. The van der Waals surface area contributed by atoms with Crippen molar-refractivity contribution in [2.24, 2.45) is 0 Å². The van der Waals surface area contributed by atoms with Crippen LogP contribution in [0.25, 0.3) is 0 Å². The minimum atomic E-state index is -5.40. The lowest BCUT2D eigenvalue weighted by molar-refractivity contribution is -0.0448. The van der Waals surface area contributed by atoms with Gasteiger partial charge in [0.15, 0.2) is 0 Å². The Hall–Kier alpha value is -1.65. The van der Waals surface area contributed by atoms with Crippen molar-refractivity contribution in [2.45, 2.75) is 12.1 Å². The number of carbonyl (C=O) groups excluding carboxylic acids is 1. The lowest BCUT2D eigenvalue weighted by Crippen LogP contribution is -2.35. The summed E-state index contributed by atoms with van der Waals surface area (Å²) in [6.07, 6.45) is 0. The summed E-state index contributed by atoms with van der Waals surface area (Å²) in [5, 5.41) is 8.34. The first-order valence-electron chi connectivity index (χ1n) is 4.76. The maximum atomic E-state index is 12.0. The van der Waals surface area contributed by atoms with E-state index in [1.165, 1.54) is 34.5 Å². The average molecular weight is 298 g/mol. The number of hydroxylamine groups is 1. The number of carbonyl (C=O) groups is 1. The van der Waals surface area contributed by atoms with E-state index in [4.69, 9.17) is 5.21 Å². The first-order chi connectivity index (χ1) is 8.67. The molecule has 1 aromatic carbocycles. The number of halogens is 3. The van der Waals surface area contributed by atoms with Crippen molar-refractivity contribution in [2.75, 3.05) is 0 Å². The number of hydrogen-bond donors (Lipinski definition) is 3. The van der Waals surface area contributed by atoms with E-state index in [0.717, 1.165) is 0 Å². The van der Waals surface area contributed by atoms with E-state index >= 15 is 0 Å². The molecule has 3 N–H and O–H groups in total. The van der Waals surface area contributed by atoms with Crippen LogP contribution in [0.5, 0.6) is 0 Å². The molecule has 19 heavy (non-hydrogen) atoms. The minimum absolute atomic E-state index is 0.0740. The predicted molar refractivity (Wildman–Crippen MR) is 57.5 cm³/mol. The molecule has 1 aromatic rings. The smallest absolute Gasteiger partial charge is 0.288 e. The van der Waals surface area contributed by atoms with Gasteiger partial charge in [-0.3, -0.25) is 10.0 Å². The molecule has 0 heterocycles. The fraction of sp³-hybridized carbons (Fsp3) is 0.222. The van der Waals surface area contributed by atoms with Crippen LogP contribution >= 0.6 is 0 Å². The molecule has 0 radical (unpaired) electrons. The van der Waals surface area contributed by atoms with Crippen LogP contribution in [0.3, 0.4) is 0 Å². The summed E-state index contributed by atoms with van der Waals surface area (Å²) in [6, 6.07) is 4.96. The van der Waals surface area contributed by atoms with Crippen molar-refractivity contribution < 1.29 is 31.6 Å². The van der Waals surface area contributed by atoms with Crippen molar-refractivity contribution >= 4 is 15.9 Å². The van der Waals surface area contributed by atoms with Gasteiger partial charge in [-0.25, -0.2) is 18.6 Å². The normalized spacial score (nSPS) is 12.2. The fourth-order valence-corrected chi connectivity index (χ4v) is 1.62. The molecule has 0 saturated carbocycles. The van der Waals surface area contributed by atoms with Gasteiger partial charge in [-0.15, -0.1) is 0 Å². The van der Waals surface area contributed by atoms with Crippen LogP contribution in [-0.2, 0) is 16.6 Å². The molecule has 10 heteroatoms. The number of benzene rings is 1. The number of amides is 1. The van der Waals surface area contributed by atoms with Gasteiger partial charge in [-0.05, 0) is 17.7 Å². The van der Waals surface area contributed by atoms with Crippen LogP contribution in [-0.4, -0.2) is 25.0 Å². The van der Waals surface area contributed by atoms with Crippen molar-refractivity contribution in [3.05, 3.63) is 35.4 Å². The molecule has 106 valence electrons. The Morgan fingerprint density at radius 3 is 2.16 bits per heavy atom. The first-order valence-corrected chi connectivity index (χ1v) is 6.25. The van der Waals surface area contributed by atoms with Crippen LogP contribution in [0, 0.1) is 0 Å². The fourth-order valence-electron chi connectivity index (χ4n) is 1.10. The van der Waals surface area contributed by atoms with Gasteiger partial charge < -0.3 is 0 Å². The Kier molecular flexibility index (Phi) is 4.50. The molecule has 0 aromatic heterocycles. The predicted octanol–water partition coefficient (Wildman–Crippen LogP) is 0.745. The van der Waals surface area contributed by atoms with E-state index in [0.29, 0.717) is 0 Å². The third-order valence-electron chi connectivity index (χ3n) is 2.09. The summed E-state index contributed by atoms with van der Waals surface area (Å²) >= 11 is 0. The lowest BCUT2D eigenvalue weighted by atomic mass is 10.1. The molecule has 1 amide bonds. The number of nitrogens with one attached hydrogen (secondary N) is 2.